The fourth-order valence-electron chi connectivity index (χ4n) is 3.96. The molecule has 0 bridgehead atoms. The van der Waals surface area contributed by atoms with Crippen LogP contribution in [0.2, 0.25) is 0 Å². The van der Waals surface area contributed by atoms with Gasteiger partial charge in [-0.3, -0.25) is 32.5 Å². The molecule has 20 heteroatoms. The summed E-state index contributed by atoms with van der Waals surface area (Å²) in [6.07, 6.45) is -5.99. The minimum Gasteiger partial charge on any atom is -0.303 e. The zero-order chi connectivity index (χ0) is 30.6. The minimum absolute atomic E-state index is 0.0147. The van der Waals surface area contributed by atoms with Gasteiger partial charge in [0.2, 0.25) is 0 Å². The maximum Gasteiger partial charge on any atom is 0.471 e. The molecule has 0 atom stereocenters. The summed E-state index contributed by atoms with van der Waals surface area (Å²) in [5.41, 5.74) is -4.85. The maximum atomic E-state index is 14.9. The highest BCUT2D eigenvalue weighted by molar-refractivity contribution is 7.46. The molecule has 1 aromatic carbocycles. The summed E-state index contributed by atoms with van der Waals surface area (Å²) in [5.74, 6) is -4.86. The number of fused-ring (bicyclic) bond motifs is 1. The molecule has 0 aliphatic carbocycles. The lowest BCUT2D eigenvalue weighted by Gasteiger charge is -2.14. The molecule has 13 nitrogen and oxygen atoms in total. The molecule has 0 aliphatic rings. The van der Waals surface area contributed by atoms with Gasteiger partial charge in [0.1, 0.15) is 29.3 Å². The Morgan fingerprint density at radius 2 is 1.80 bits per heavy atom. The summed E-state index contributed by atoms with van der Waals surface area (Å²) < 4.78 is 88.1. The first kappa shape index (κ1) is 30.2. The molecule has 0 unspecified atom stereocenters. The third kappa shape index (κ3) is 5.71. The fraction of sp³-hybridized carbons (Fsp3) is 0.286. The Kier molecular flexibility index (Phi) is 7.78. The van der Waals surface area contributed by atoms with Crippen LogP contribution in [0.25, 0.3) is 22.3 Å². The average Bonchev–Trinajstić information content (AvgIpc) is 3.39. The topological polar surface area (TPSA) is 163 Å². The quantitative estimate of drug-likeness (QED) is 0.241. The Morgan fingerprint density at radius 3 is 2.41 bits per heavy atom. The Balaban J connectivity index is 1.85. The first-order chi connectivity index (χ1) is 18.9. The van der Waals surface area contributed by atoms with E-state index in [1.165, 1.54) is 25.8 Å². The number of halogens is 5. The van der Waals surface area contributed by atoms with Crippen molar-refractivity contribution in [2.45, 2.75) is 19.3 Å². The van der Waals surface area contributed by atoms with Gasteiger partial charge in [0.15, 0.2) is 10.4 Å². The third-order valence-electron chi connectivity index (χ3n) is 5.90. The van der Waals surface area contributed by atoms with Crippen molar-refractivity contribution in [2.24, 2.45) is 26.1 Å². The van der Waals surface area contributed by atoms with Crippen LogP contribution in [0, 0.1) is 11.6 Å². The molecule has 0 spiro atoms. The second kappa shape index (κ2) is 10.6. The van der Waals surface area contributed by atoms with E-state index < -0.39 is 72.8 Å². The number of phosphoric acid groups is 1. The van der Waals surface area contributed by atoms with E-state index >= 15 is 0 Å². The van der Waals surface area contributed by atoms with Gasteiger partial charge >= 0.3 is 19.7 Å². The number of alkyl halides is 3. The molecule has 0 saturated carbocycles. The monoisotopic (exact) mass is 624 g/mol. The number of phosphoric ester groups is 1. The number of amides is 1. The molecule has 4 aromatic rings. The standard InChI is InChI=1S/C21H18F5N6O7PS/c1-29-17-14(18(34)30(2)20(29)35)11(31(3)28-17)6-13(33)27-19-32(8-39-40(36,37)38)12(7-41-19)9-4-5-10(22)15(16(9)23)21(24,25)26/h4-5,7H,6,8H2,1-3H3,(H2,36,37,38). The number of thiazole rings is 1. The molecule has 0 aliphatic heterocycles. The van der Waals surface area contributed by atoms with E-state index in [2.05, 4.69) is 14.6 Å². The Morgan fingerprint density at radius 1 is 1.15 bits per heavy atom. The number of benzene rings is 1. The molecule has 4 rings (SSSR count). The second-order valence-corrected chi connectivity index (χ2v) is 10.6. The van der Waals surface area contributed by atoms with E-state index in [9.17, 15) is 40.9 Å². The summed E-state index contributed by atoms with van der Waals surface area (Å²) >= 11 is 0.574. The van der Waals surface area contributed by atoms with Gasteiger partial charge in [-0.2, -0.15) is 23.3 Å². The highest BCUT2D eigenvalue weighted by atomic mass is 32.1. The summed E-state index contributed by atoms with van der Waals surface area (Å²) in [7, 11) is -1.19. The summed E-state index contributed by atoms with van der Waals surface area (Å²) in [6, 6.07) is 1.03. The van der Waals surface area contributed by atoms with Gasteiger partial charge in [0, 0.05) is 32.1 Å². The van der Waals surface area contributed by atoms with Crippen molar-refractivity contribution in [1.82, 2.24) is 23.5 Å². The number of rotatable bonds is 6. The average molecular weight is 624 g/mol. The molecule has 41 heavy (non-hydrogen) atoms. The number of aryl methyl sites for hydroxylation is 2. The summed E-state index contributed by atoms with van der Waals surface area (Å²) in [5, 5.41) is 5.06. The van der Waals surface area contributed by atoms with Crippen molar-refractivity contribution in [3.05, 3.63) is 66.0 Å². The maximum absolute atomic E-state index is 14.9. The molecule has 0 saturated heterocycles. The number of hydrogen-bond acceptors (Lipinski definition) is 7. The van der Waals surface area contributed by atoms with Crippen LogP contribution in [0.1, 0.15) is 11.3 Å². The first-order valence-electron chi connectivity index (χ1n) is 11.1. The first-order valence-corrected chi connectivity index (χ1v) is 13.5. The van der Waals surface area contributed by atoms with Crippen LogP contribution < -0.4 is 16.1 Å². The van der Waals surface area contributed by atoms with Crippen molar-refractivity contribution in [3.8, 4) is 11.3 Å². The molecule has 0 fully saturated rings. The van der Waals surface area contributed by atoms with Crippen molar-refractivity contribution in [3.63, 3.8) is 0 Å². The highest BCUT2D eigenvalue weighted by Gasteiger charge is 2.39. The lowest BCUT2D eigenvalue weighted by molar-refractivity contribution is -0.142. The van der Waals surface area contributed by atoms with Crippen LogP contribution in [0.4, 0.5) is 22.0 Å². The Bertz CT molecular complexity index is 1950. The summed E-state index contributed by atoms with van der Waals surface area (Å²) in [6.45, 7) is -1.09. The van der Waals surface area contributed by atoms with Gasteiger partial charge < -0.3 is 9.79 Å². The zero-order valence-corrected chi connectivity index (χ0v) is 22.7. The molecular weight excluding hydrogens is 606 g/mol. The Labute approximate surface area is 228 Å². The van der Waals surface area contributed by atoms with E-state index in [4.69, 9.17) is 9.79 Å². The predicted molar refractivity (Wildman–Crippen MR) is 131 cm³/mol. The summed E-state index contributed by atoms with van der Waals surface area (Å²) in [4.78, 5) is 59.6. The normalized spacial score (nSPS) is 13.0. The van der Waals surface area contributed by atoms with Gasteiger partial charge in [0.05, 0.1) is 17.8 Å². The largest absolute Gasteiger partial charge is 0.471 e. The van der Waals surface area contributed by atoms with Crippen LogP contribution in [0.15, 0.2) is 32.1 Å². The fourth-order valence-corrected chi connectivity index (χ4v) is 5.13. The van der Waals surface area contributed by atoms with Crippen LogP contribution in [0.5, 0.6) is 0 Å². The van der Waals surface area contributed by atoms with E-state index in [-0.39, 0.29) is 21.5 Å². The third-order valence-corrected chi connectivity index (χ3v) is 7.22. The minimum atomic E-state index is -5.41. The predicted octanol–water partition coefficient (Wildman–Crippen LogP) is 1.53. The molecule has 1 amide bonds. The van der Waals surface area contributed by atoms with E-state index in [1.54, 1.807) is 0 Å². The van der Waals surface area contributed by atoms with Gasteiger partial charge in [-0.05, 0) is 12.1 Å². The van der Waals surface area contributed by atoms with Gasteiger partial charge in [-0.25, -0.2) is 18.1 Å². The van der Waals surface area contributed by atoms with Crippen LogP contribution in [0.3, 0.4) is 0 Å². The van der Waals surface area contributed by atoms with Crippen LogP contribution >= 0.6 is 19.2 Å². The van der Waals surface area contributed by atoms with Gasteiger partial charge in [-0.15, -0.1) is 11.3 Å². The smallest absolute Gasteiger partial charge is 0.303 e. The van der Waals surface area contributed by atoms with Crippen LogP contribution in [-0.4, -0.2) is 39.2 Å². The Hall–Kier alpha value is -3.77. The SMILES string of the molecule is Cn1nc2c(c1CC(=O)N=c1scc(-c3ccc(F)c(C(F)(F)F)c3F)n1COP(=O)(O)O)c(=O)n(C)c(=O)n2C. The highest BCUT2D eigenvalue weighted by Crippen LogP contribution is 2.39. The number of aromatic nitrogens is 5. The molecule has 3 aromatic heterocycles. The molecule has 0 radical (unpaired) electrons. The van der Waals surface area contributed by atoms with E-state index in [0.29, 0.717) is 28.0 Å². The molecular formula is C21H18F5N6O7PS. The lowest BCUT2D eigenvalue weighted by Crippen LogP contribution is -2.37. The molecule has 3 heterocycles. The van der Waals surface area contributed by atoms with Crippen molar-refractivity contribution in [2.75, 3.05) is 0 Å². The van der Waals surface area contributed by atoms with E-state index in [0.717, 1.165) is 14.5 Å². The lowest BCUT2D eigenvalue weighted by atomic mass is 10.1. The van der Waals surface area contributed by atoms with Gasteiger partial charge in [0.25, 0.3) is 11.5 Å². The van der Waals surface area contributed by atoms with Crippen molar-refractivity contribution >= 4 is 36.1 Å². The molecule has 220 valence electrons. The van der Waals surface area contributed by atoms with E-state index in [1.807, 2.05) is 0 Å². The van der Waals surface area contributed by atoms with Gasteiger partial charge in [-0.1, -0.05) is 0 Å². The number of carbonyl (C=O) groups is 1. The van der Waals surface area contributed by atoms with Crippen molar-refractivity contribution < 1.29 is 45.6 Å². The second-order valence-electron chi connectivity index (χ2n) is 8.52. The van der Waals surface area contributed by atoms with Crippen molar-refractivity contribution in [1.29, 1.82) is 0 Å². The van der Waals surface area contributed by atoms with Crippen LogP contribution in [-0.2, 0) is 54.4 Å². The number of carbonyl (C=O) groups excluding carboxylic acids is 1. The zero-order valence-electron chi connectivity index (χ0n) is 21.0. The molecule has 2 N–H and O–H groups in total. The number of hydrogen-bond donors (Lipinski definition) is 2. The number of nitrogens with zero attached hydrogens (tertiary/aromatic N) is 6.